The van der Waals surface area contributed by atoms with E-state index in [9.17, 15) is 8.42 Å². The van der Waals surface area contributed by atoms with Gasteiger partial charge in [0.05, 0.1) is 10.5 Å². The average Bonchev–Trinajstić information content (AvgIpc) is 2.16. The van der Waals surface area contributed by atoms with Gasteiger partial charge in [-0.2, -0.15) is 0 Å². The van der Waals surface area contributed by atoms with Crippen molar-refractivity contribution in [1.82, 2.24) is 5.32 Å². The van der Waals surface area contributed by atoms with Gasteiger partial charge < -0.3 is 5.32 Å². The van der Waals surface area contributed by atoms with Crippen LogP contribution in [0.4, 0.5) is 0 Å². The molecule has 17 heavy (non-hydrogen) atoms. The van der Waals surface area contributed by atoms with Crippen molar-refractivity contribution in [3.8, 4) is 0 Å². The van der Waals surface area contributed by atoms with E-state index in [0.717, 1.165) is 0 Å². The van der Waals surface area contributed by atoms with E-state index in [1.165, 1.54) is 32.1 Å². The quantitative estimate of drug-likeness (QED) is 0.846. The lowest BCUT2D eigenvalue weighted by atomic mass is 9.83. The highest BCUT2D eigenvalue weighted by atomic mass is 32.2. The minimum Gasteiger partial charge on any atom is -0.311 e. The van der Waals surface area contributed by atoms with Gasteiger partial charge in [0.2, 0.25) is 0 Å². The van der Waals surface area contributed by atoms with E-state index in [-0.39, 0.29) is 11.3 Å². The molecule has 0 atom stereocenters. The predicted molar refractivity (Wildman–Crippen MR) is 73.0 cm³/mol. The molecule has 1 rings (SSSR count). The Morgan fingerprint density at radius 3 is 2.12 bits per heavy atom. The van der Waals surface area contributed by atoms with Gasteiger partial charge in [0.15, 0.2) is 9.84 Å². The molecule has 1 aliphatic rings. The Kier molecular flexibility index (Phi) is 4.64. The van der Waals surface area contributed by atoms with Crippen molar-refractivity contribution in [2.75, 3.05) is 12.3 Å². The fraction of sp³-hybridized carbons (Fsp3) is 1.00. The van der Waals surface area contributed by atoms with Crippen molar-refractivity contribution in [2.24, 2.45) is 0 Å². The second-order valence-electron chi connectivity index (χ2n) is 6.48. The zero-order valence-electron chi connectivity index (χ0n) is 11.7. The minimum absolute atomic E-state index is 0.158. The van der Waals surface area contributed by atoms with Gasteiger partial charge >= 0.3 is 0 Å². The number of sulfone groups is 1. The molecule has 1 fully saturated rings. The maximum atomic E-state index is 12.0. The van der Waals surface area contributed by atoms with E-state index in [0.29, 0.717) is 6.54 Å². The highest BCUT2D eigenvalue weighted by Gasteiger charge is 2.30. The predicted octanol–water partition coefficient (Wildman–Crippen LogP) is 2.51. The van der Waals surface area contributed by atoms with E-state index < -0.39 is 14.6 Å². The molecule has 0 heterocycles. The summed E-state index contributed by atoms with van der Waals surface area (Å²) in [7, 11) is -2.99. The van der Waals surface area contributed by atoms with E-state index >= 15 is 0 Å². The maximum Gasteiger partial charge on any atom is 0.156 e. The smallest absolute Gasteiger partial charge is 0.156 e. The Hall–Kier alpha value is -0.0900. The average molecular weight is 261 g/mol. The van der Waals surface area contributed by atoms with Crippen molar-refractivity contribution in [3.05, 3.63) is 0 Å². The summed E-state index contributed by atoms with van der Waals surface area (Å²) in [5.41, 5.74) is 0.158. The number of nitrogens with one attached hydrogen (secondary N) is 1. The highest BCUT2D eigenvalue weighted by Crippen LogP contribution is 2.27. The summed E-state index contributed by atoms with van der Waals surface area (Å²) in [5, 5.41) is 3.45. The van der Waals surface area contributed by atoms with Gasteiger partial charge in [-0.3, -0.25) is 0 Å². The van der Waals surface area contributed by atoms with Crippen molar-refractivity contribution in [1.29, 1.82) is 0 Å². The first-order chi connectivity index (χ1) is 7.66. The summed E-state index contributed by atoms with van der Waals surface area (Å²) in [6, 6.07) is 0. The van der Waals surface area contributed by atoms with Gasteiger partial charge in [-0.25, -0.2) is 8.42 Å². The van der Waals surface area contributed by atoms with Crippen LogP contribution in [0.25, 0.3) is 0 Å². The molecule has 0 spiro atoms. The van der Waals surface area contributed by atoms with Gasteiger partial charge in [-0.05, 0) is 40.5 Å². The lowest BCUT2D eigenvalue weighted by Crippen LogP contribution is -2.46. The minimum atomic E-state index is -2.99. The lowest BCUT2D eigenvalue weighted by Gasteiger charge is -2.35. The molecule has 0 aliphatic heterocycles. The normalized spacial score (nSPS) is 21.4. The zero-order valence-corrected chi connectivity index (χ0v) is 12.5. The van der Waals surface area contributed by atoms with Crippen LogP contribution >= 0.6 is 0 Å². The Morgan fingerprint density at radius 2 is 1.65 bits per heavy atom. The van der Waals surface area contributed by atoms with Crippen LogP contribution < -0.4 is 5.32 Å². The summed E-state index contributed by atoms with van der Waals surface area (Å²) in [6.07, 6.45) is 6.17. The SMILES string of the molecule is CC1(NCCS(=O)(=O)C(C)(C)C)CCCCC1. The van der Waals surface area contributed by atoms with E-state index in [4.69, 9.17) is 0 Å². The van der Waals surface area contributed by atoms with Crippen LogP contribution in [0.2, 0.25) is 0 Å². The topological polar surface area (TPSA) is 46.2 Å². The first-order valence-corrected chi connectivity index (χ1v) is 8.29. The second kappa shape index (κ2) is 5.27. The molecule has 1 aliphatic carbocycles. The third-order valence-corrected chi connectivity index (χ3v) is 6.42. The van der Waals surface area contributed by atoms with E-state index in [1.54, 1.807) is 20.8 Å². The molecule has 0 bridgehead atoms. The molecular weight excluding hydrogens is 234 g/mol. The van der Waals surface area contributed by atoms with Crippen LogP contribution in [0.15, 0.2) is 0 Å². The van der Waals surface area contributed by atoms with Crippen LogP contribution in [-0.2, 0) is 9.84 Å². The molecule has 0 aromatic heterocycles. The van der Waals surface area contributed by atoms with Gasteiger partial charge in [-0.15, -0.1) is 0 Å². The summed E-state index contributed by atoms with van der Waals surface area (Å²) in [5.74, 6) is 0.242. The van der Waals surface area contributed by atoms with Crippen LogP contribution in [-0.4, -0.2) is 31.0 Å². The van der Waals surface area contributed by atoms with E-state index in [1.807, 2.05) is 0 Å². The first-order valence-electron chi connectivity index (χ1n) is 6.64. The fourth-order valence-corrected chi connectivity index (χ4v) is 3.29. The molecule has 0 amide bonds. The number of hydrogen-bond acceptors (Lipinski definition) is 3. The molecule has 0 radical (unpaired) electrons. The van der Waals surface area contributed by atoms with Gasteiger partial charge in [-0.1, -0.05) is 19.3 Å². The Morgan fingerprint density at radius 1 is 1.12 bits per heavy atom. The second-order valence-corrected chi connectivity index (χ2v) is 9.34. The molecule has 1 N–H and O–H groups in total. The molecule has 1 saturated carbocycles. The fourth-order valence-electron chi connectivity index (χ4n) is 2.30. The Balaban J connectivity index is 2.42. The molecular formula is C13H27NO2S. The molecule has 4 heteroatoms. The van der Waals surface area contributed by atoms with Crippen molar-refractivity contribution in [2.45, 2.75) is 70.1 Å². The lowest BCUT2D eigenvalue weighted by molar-refractivity contribution is 0.259. The van der Waals surface area contributed by atoms with Crippen molar-refractivity contribution >= 4 is 9.84 Å². The van der Waals surface area contributed by atoms with Gasteiger partial charge in [0, 0.05) is 12.1 Å². The molecule has 0 aromatic carbocycles. The number of rotatable bonds is 4. The summed E-state index contributed by atoms with van der Waals surface area (Å²) >= 11 is 0. The van der Waals surface area contributed by atoms with Crippen molar-refractivity contribution < 1.29 is 8.42 Å². The van der Waals surface area contributed by atoms with E-state index in [2.05, 4.69) is 12.2 Å². The summed E-state index contributed by atoms with van der Waals surface area (Å²) in [4.78, 5) is 0. The largest absolute Gasteiger partial charge is 0.311 e. The molecule has 0 unspecified atom stereocenters. The van der Waals surface area contributed by atoms with Crippen LogP contribution in [0.3, 0.4) is 0 Å². The van der Waals surface area contributed by atoms with Crippen LogP contribution in [0.1, 0.15) is 59.8 Å². The summed E-state index contributed by atoms with van der Waals surface area (Å²) in [6.45, 7) is 8.10. The third kappa shape index (κ3) is 4.25. The zero-order chi connectivity index (χ0) is 13.2. The van der Waals surface area contributed by atoms with Crippen LogP contribution in [0, 0.1) is 0 Å². The molecule has 3 nitrogen and oxygen atoms in total. The number of hydrogen-bond donors (Lipinski definition) is 1. The molecule has 0 aromatic rings. The van der Waals surface area contributed by atoms with Crippen LogP contribution in [0.5, 0.6) is 0 Å². The summed E-state index contributed by atoms with van der Waals surface area (Å²) < 4.78 is 23.3. The molecule has 0 saturated heterocycles. The Labute approximate surface area is 106 Å². The highest BCUT2D eigenvalue weighted by molar-refractivity contribution is 7.92. The standard InChI is InChI=1S/C13H27NO2S/c1-12(2,3)17(15,16)11-10-14-13(4)8-6-5-7-9-13/h14H,5-11H2,1-4H3. The monoisotopic (exact) mass is 261 g/mol. The first kappa shape index (κ1) is 15.0. The van der Waals surface area contributed by atoms with Gasteiger partial charge in [0.1, 0.15) is 0 Å². The third-order valence-electron chi connectivity index (χ3n) is 3.81. The van der Waals surface area contributed by atoms with Gasteiger partial charge in [0.25, 0.3) is 0 Å². The maximum absolute atomic E-state index is 12.0. The Bertz CT molecular complexity index is 335. The van der Waals surface area contributed by atoms with Crippen molar-refractivity contribution in [3.63, 3.8) is 0 Å². The molecule has 102 valence electrons.